The third-order valence-electron chi connectivity index (χ3n) is 2.27. The van der Waals surface area contributed by atoms with E-state index in [4.69, 9.17) is 10.5 Å². The third-order valence-corrected chi connectivity index (χ3v) is 2.27. The summed E-state index contributed by atoms with van der Waals surface area (Å²) in [6, 6.07) is 3.85. The molecule has 1 amide bonds. The van der Waals surface area contributed by atoms with Crippen LogP contribution in [0.15, 0.2) is 18.2 Å². The number of methoxy groups -OCH3 is 1. The summed E-state index contributed by atoms with van der Waals surface area (Å²) in [7, 11) is 2.97. The number of benzene rings is 1. The number of nitrogens with one attached hydrogen (secondary N) is 2. The van der Waals surface area contributed by atoms with E-state index in [1.807, 2.05) is 0 Å². The number of carbonyl (C=O) groups excluding carboxylic acids is 1. The van der Waals surface area contributed by atoms with Crippen molar-refractivity contribution < 1.29 is 13.9 Å². The number of hydrogen-bond acceptors (Lipinski definition) is 4. The second kappa shape index (κ2) is 6.17. The Morgan fingerprint density at radius 2 is 2.29 bits per heavy atom. The molecule has 0 radical (unpaired) electrons. The molecule has 0 spiro atoms. The van der Waals surface area contributed by atoms with Crippen LogP contribution >= 0.6 is 0 Å². The highest BCUT2D eigenvalue weighted by atomic mass is 19.1. The summed E-state index contributed by atoms with van der Waals surface area (Å²) in [5, 5.41) is 0. The van der Waals surface area contributed by atoms with E-state index < -0.39 is 11.9 Å². The van der Waals surface area contributed by atoms with Crippen LogP contribution in [-0.4, -0.2) is 20.1 Å². The molecular weight excluding hydrogens is 225 g/mol. The predicted molar refractivity (Wildman–Crippen MR) is 61.7 cm³/mol. The number of rotatable bonds is 5. The second-order valence-electron chi connectivity index (χ2n) is 3.50. The molecule has 0 saturated carbocycles. The van der Waals surface area contributed by atoms with Crippen LogP contribution in [-0.2, 0) is 4.79 Å². The van der Waals surface area contributed by atoms with Crippen molar-refractivity contribution in [2.24, 2.45) is 5.73 Å². The number of amides is 1. The lowest BCUT2D eigenvalue weighted by Crippen LogP contribution is -2.36. The first-order chi connectivity index (χ1) is 8.08. The highest BCUT2D eigenvalue weighted by Crippen LogP contribution is 2.22. The summed E-state index contributed by atoms with van der Waals surface area (Å²) < 4.78 is 18.2. The minimum atomic E-state index is -0.552. The summed E-state index contributed by atoms with van der Waals surface area (Å²) in [6.07, 6.45) is 0.0760. The molecule has 17 heavy (non-hydrogen) atoms. The molecule has 5 nitrogen and oxygen atoms in total. The van der Waals surface area contributed by atoms with Gasteiger partial charge in [-0.25, -0.2) is 9.82 Å². The van der Waals surface area contributed by atoms with Gasteiger partial charge in [-0.15, -0.1) is 0 Å². The topological polar surface area (TPSA) is 76.4 Å². The summed E-state index contributed by atoms with van der Waals surface area (Å²) in [4.78, 5) is 11.3. The van der Waals surface area contributed by atoms with E-state index in [1.165, 1.54) is 19.2 Å². The molecule has 0 heterocycles. The summed E-state index contributed by atoms with van der Waals surface area (Å²) >= 11 is 0. The molecule has 4 N–H and O–H groups in total. The average molecular weight is 241 g/mol. The Morgan fingerprint density at radius 1 is 1.59 bits per heavy atom. The molecule has 1 aromatic rings. The number of ether oxygens (including phenoxy) is 1. The highest BCUT2D eigenvalue weighted by molar-refractivity contribution is 5.76. The smallest absolute Gasteiger partial charge is 0.235 e. The van der Waals surface area contributed by atoms with Gasteiger partial charge < -0.3 is 10.5 Å². The Balaban J connectivity index is 2.72. The van der Waals surface area contributed by atoms with Gasteiger partial charge in [0.15, 0.2) is 11.6 Å². The van der Waals surface area contributed by atoms with Gasteiger partial charge in [0.2, 0.25) is 5.91 Å². The average Bonchev–Trinajstić information content (AvgIpc) is 2.29. The van der Waals surface area contributed by atoms with Crippen LogP contribution in [0, 0.1) is 5.82 Å². The molecule has 0 bridgehead atoms. The third kappa shape index (κ3) is 3.69. The van der Waals surface area contributed by atoms with Crippen molar-refractivity contribution >= 4 is 5.91 Å². The van der Waals surface area contributed by atoms with Crippen LogP contribution < -0.4 is 21.3 Å². The lowest BCUT2D eigenvalue weighted by molar-refractivity contribution is -0.122. The maximum Gasteiger partial charge on any atom is 0.235 e. The van der Waals surface area contributed by atoms with Gasteiger partial charge in [0.1, 0.15) is 0 Å². The summed E-state index contributed by atoms with van der Waals surface area (Å²) in [5.74, 6) is -0.591. The minimum absolute atomic E-state index is 0.0760. The van der Waals surface area contributed by atoms with E-state index in [9.17, 15) is 9.18 Å². The van der Waals surface area contributed by atoms with Crippen LogP contribution in [0.4, 0.5) is 4.39 Å². The van der Waals surface area contributed by atoms with Gasteiger partial charge in [-0.05, 0) is 17.7 Å². The maximum atomic E-state index is 13.4. The minimum Gasteiger partial charge on any atom is -0.494 e. The van der Waals surface area contributed by atoms with Crippen LogP contribution in [0.25, 0.3) is 0 Å². The largest absolute Gasteiger partial charge is 0.494 e. The number of halogens is 1. The van der Waals surface area contributed by atoms with Crippen molar-refractivity contribution in [3.05, 3.63) is 29.6 Å². The van der Waals surface area contributed by atoms with E-state index in [2.05, 4.69) is 10.9 Å². The molecule has 0 saturated heterocycles. The van der Waals surface area contributed by atoms with Crippen LogP contribution in [0.2, 0.25) is 0 Å². The number of nitrogens with two attached hydrogens (primary N) is 1. The van der Waals surface area contributed by atoms with Crippen molar-refractivity contribution in [2.75, 3.05) is 14.2 Å². The standard InChI is InChI=1S/C11H16FN3O2/c1-14-15-11(16)6-9(13)7-3-4-10(17-2)8(12)5-7/h3-5,9,14H,6,13H2,1-2H3,(H,15,16). The van der Waals surface area contributed by atoms with Crippen LogP contribution in [0.5, 0.6) is 5.75 Å². The lowest BCUT2D eigenvalue weighted by atomic mass is 10.0. The summed E-state index contributed by atoms with van der Waals surface area (Å²) in [5.41, 5.74) is 11.2. The summed E-state index contributed by atoms with van der Waals surface area (Å²) in [6.45, 7) is 0. The normalized spacial score (nSPS) is 12.0. The molecule has 0 aromatic heterocycles. The van der Waals surface area contributed by atoms with Gasteiger partial charge >= 0.3 is 0 Å². The van der Waals surface area contributed by atoms with Crippen molar-refractivity contribution in [3.63, 3.8) is 0 Å². The Kier molecular flexibility index (Phi) is 4.86. The fraction of sp³-hybridized carbons (Fsp3) is 0.364. The first kappa shape index (κ1) is 13.4. The maximum absolute atomic E-state index is 13.4. The van der Waals surface area contributed by atoms with Crippen molar-refractivity contribution in [1.82, 2.24) is 10.9 Å². The monoisotopic (exact) mass is 241 g/mol. The van der Waals surface area contributed by atoms with Crippen LogP contribution in [0.1, 0.15) is 18.0 Å². The number of hydrogen-bond donors (Lipinski definition) is 3. The number of carbonyl (C=O) groups is 1. The molecule has 0 fully saturated rings. The molecule has 6 heteroatoms. The molecular formula is C11H16FN3O2. The zero-order valence-corrected chi connectivity index (χ0v) is 9.79. The van der Waals surface area contributed by atoms with Crippen molar-refractivity contribution in [3.8, 4) is 5.75 Å². The lowest BCUT2D eigenvalue weighted by Gasteiger charge is -2.12. The molecule has 0 aliphatic carbocycles. The second-order valence-corrected chi connectivity index (χ2v) is 3.50. The van der Waals surface area contributed by atoms with Gasteiger partial charge in [0, 0.05) is 19.5 Å². The fourth-order valence-electron chi connectivity index (χ4n) is 1.42. The quantitative estimate of drug-likeness (QED) is 0.655. The Labute approximate surface area is 99.1 Å². The number of hydrazine groups is 1. The fourth-order valence-corrected chi connectivity index (χ4v) is 1.42. The van der Waals surface area contributed by atoms with E-state index >= 15 is 0 Å². The van der Waals surface area contributed by atoms with Gasteiger partial charge in [-0.3, -0.25) is 10.2 Å². The van der Waals surface area contributed by atoms with Crippen molar-refractivity contribution in [2.45, 2.75) is 12.5 Å². The van der Waals surface area contributed by atoms with E-state index in [1.54, 1.807) is 13.1 Å². The van der Waals surface area contributed by atoms with Gasteiger partial charge in [-0.2, -0.15) is 0 Å². The molecule has 1 unspecified atom stereocenters. The predicted octanol–water partition coefficient (Wildman–Crippen LogP) is 0.475. The molecule has 0 aliphatic heterocycles. The Morgan fingerprint density at radius 3 is 2.82 bits per heavy atom. The SMILES string of the molecule is CNNC(=O)CC(N)c1ccc(OC)c(F)c1. The molecule has 0 aliphatic rings. The van der Waals surface area contributed by atoms with E-state index in [0.29, 0.717) is 5.56 Å². The zero-order chi connectivity index (χ0) is 12.8. The Hall–Kier alpha value is -1.66. The van der Waals surface area contributed by atoms with Gasteiger partial charge in [-0.1, -0.05) is 6.07 Å². The van der Waals surface area contributed by atoms with E-state index in [0.717, 1.165) is 0 Å². The first-order valence-electron chi connectivity index (χ1n) is 5.13. The van der Waals surface area contributed by atoms with Gasteiger partial charge in [0.25, 0.3) is 0 Å². The molecule has 1 aromatic carbocycles. The van der Waals surface area contributed by atoms with Gasteiger partial charge in [0.05, 0.1) is 7.11 Å². The van der Waals surface area contributed by atoms with Crippen molar-refractivity contribution in [1.29, 1.82) is 0 Å². The Bertz CT molecular complexity index is 398. The molecule has 94 valence electrons. The molecule has 1 rings (SSSR count). The van der Waals surface area contributed by atoms with E-state index in [-0.39, 0.29) is 18.1 Å². The van der Waals surface area contributed by atoms with Crippen LogP contribution in [0.3, 0.4) is 0 Å². The molecule has 1 atom stereocenters. The first-order valence-corrected chi connectivity index (χ1v) is 5.13. The zero-order valence-electron chi connectivity index (χ0n) is 9.79. The highest BCUT2D eigenvalue weighted by Gasteiger charge is 2.13.